The summed E-state index contributed by atoms with van der Waals surface area (Å²) >= 11 is 0. The first-order valence-corrected chi connectivity index (χ1v) is 25.7. The average Bonchev–Trinajstić information content (AvgIpc) is 3.86. The highest BCUT2D eigenvalue weighted by molar-refractivity contribution is 5.90. The number of likely N-dealkylation sites (N-methyl/N-ethyl adjacent to an activating group) is 2. The maximum atomic E-state index is 14.5. The predicted molar refractivity (Wildman–Crippen MR) is 274 cm³/mol. The van der Waals surface area contributed by atoms with Gasteiger partial charge in [-0.1, -0.05) is 85.2 Å². The van der Waals surface area contributed by atoms with Gasteiger partial charge in [0.15, 0.2) is 0 Å². The Morgan fingerprint density at radius 1 is 0.747 bits per heavy atom. The molecule has 1 aromatic carbocycles. The largest absolute Gasteiger partial charge is 0.490 e. The zero-order chi connectivity index (χ0) is 60.8. The number of nitrogens with two attached hydrogens (primary N) is 1. The fourth-order valence-corrected chi connectivity index (χ4v) is 8.64. The molecule has 28 heteroatoms. The number of likely N-dealkylation sites (tertiary alicyclic amines) is 1. The lowest BCUT2D eigenvalue weighted by Crippen LogP contribution is -2.60. The second-order valence-electron chi connectivity index (χ2n) is 19.4. The van der Waals surface area contributed by atoms with E-state index in [1.807, 2.05) is 83.8 Å². The maximum absolute atomic E-state index is 14.5. The molecule has 0 aromatic heterocycles. The summed E-state index contributed by atoms with van der Waals surface area (Å²) in [6.07, 6.45) is -9.53. The van der Waals surface area contributed by atoms with Crippen molar-refractivity contribution in [1.29, 1.82) is 0 Å². The van der Waals surface area contributed by atoms with E-state index in [2.05, 4.69) is 15.5 Å². The van der Waals surface area contributed by atoms with Crippen LogP contribution in [0, 0.1) is 23.7 Å². The van der Waals surface area contributed by atoms with E-state index in [9.17, 15) is 55.4 Å². The van der Waals surface area contributed by atoms with Gasteiger partial charge in [-0.15, -0.1) is 0 Å². The molecule has 79 heavy (non-hydrogen) atoms. The molecule has 1 heterocycles. The fraction of sp³-hybridized carbons (Fsp3) is 0.745. The quantitative estimate of drug-likeness (QED) is 0.0329. The van der Waals surface area contributed by atoms with Gasteiger partial charge in [-0.05, 0) is 43.2 Å². The highest BCUT2D eigenvalue weighted by Crippen LogP contribution is 2.30. The molecule has 7 N–H and O–H groups in total. The van der Waals surface area contributed by atoms with E-state index in [-0.39, 0.29) is 48.3 Å². The molecule has 22 nitrogen and oxygen atoms in total. The number of benzene rings is 1. The van der Waals surface area contributed by atoms with Crippen molar-refractivity contribution in [3.63, 3.8) is 0 Å². The van der Waals surface area contributed by atoms with Gasteiger partial charge in [-0.25, -0.2) is 20.3 Å². The first-order valence-electron chi connectivity index (χ1n) is 25.7. The van der Waals surface area contributed by atoms with Gasteiger partial charge in [-0.3, -0.25) is 24.1 Å². The third-order valence-corrected chi connectivity index (χ3v) is 12.9. The van der Waals surface area contributed by atoms with E-state index in [4.69, 9.17) is 49.4 Å². The van der Waals surface area contributed by atoms with Crippen LogP contribution in [0.1, 0.15) is 79.7 Å². The van der Waals surface area contributed by atoms with Crippen LogP contribution in [0.5, 0.6) is 0 Å². The summed E-state index contributed by atoms with van der Waals surface area (Å²) in [5.74, 6) is -4.12. The van der Waals surface area contributed by atoms with Gasteiger partial charge in [0.05, 0.1) is 88.9 Å². The average molecular weight is 1150 g/mol. The van der Waals surface area contributed by atoms with Gasteiger partial charge in [0.25, 0.3) is 0 Å². The van der Waals surface area contributed by atoms with Gasteiger partial charge < -0.3 is 64.3 Å². The number of hydrogen-bond acceptors (Lipinski definition) is 15. The number of hydrogen-bond donors (Lipinski definition) is 6. The van der Waals surface area contributed by atoms with Crippen LogP contribution in [0.3, 0.4) is 0 Å². The number of carboxylic acids is 3. The van der Waals surface area contributed by atoms with E-state index in [0.29, 0.717) is 78.6 Å². The fourth-order valence-electron chi connectivity index (χ4n) is 8.64. The first-order chi connectivity index (χ1) is 36.8. The van der Waals surface area contributed by atoms with Crippen LogP contribution in [0.15, 0.2) is 30.3 Å². The zero-order valence-electron chi connectivity index (χ0n) is 47.0. The molecule has 456 valence electrons. The number of aliphatic carboxylic acids is 3. The number of nitrogens with one attached hydrogen (secondary N) is 2. The van der Waals surface area contributed by atoms with Crippen molar-refractivity contribution < 1.29 is 104 Å². The second kappa shape index (κ2) is 37.7. The summed E-state index contributed by atoms with van der Waals surface area (Å²) in [6.45, 7) is 17.1. The molecular weight excluding hydrogens is 1070 g/mol. The topological polar surface area (TPSA) is 295 Å². The van der Waals surface area contributed by atoms with Gasteiger partial charge in [-0.2, -0.15) is 26.3 Å². The van der Waals surface area contributed by atoms with E-state index in [0.717, 1.165) is 5.56 Å². The number of nitrogens with zero attached hydrogens (tertiary/aromatic N) is 3. The minimum Gasteiger partial charge on any atom is -0.480 e. The van der Waals surface area contributed by atoms with Crippen molar-refractivity contribution in [3.05, 3.63) is 35.9 Å². The van der Waals surface area contributed by atoms with Gasteiger partial charge in [0.2, 0.25) is 23.6 Å². The number of carboxylic acid groups (broad SMARTS) is 3. The minimum atomic E-state index is -5.08. The molecule has 9 atom stereocenters. The Morgan fingerprint density at radius 2 is 1.25 bits per heavy atom. The molecule has 0 aliphatic carbocycles. The van der Waals surface area contributed by atoms with Crippen LogP contribution in [0.25, 0.3) is 0 Å². The van der Waals surface area contributed by atoms with E-state index < -0.39 is 84.5 Å². The Balaban J connectivity index is 0.00000381. The van der Waals surface area contributed by atoms with Crippen molar-refractivity contribution >= 4 is 41.5 Å². The van der Waals surface area contributed by atoms with Crippen molar-refractivity contribution in [3.8, 4) is 0 Å². The summed E-state index contributed by atoms with van der Waals surface area (Å²) < 4.78 is 92.0. The zero-order valence-corrected chi connectivity index (χ0v) is 47.0. The molecule has 1 aliphatic rings. The van der Waals surface area contributed by atoms with Crippen LogP contribution in [0.4, 0.5) is 26.3 Å². The monoisotopic (exact) mass is 1150 g/mol. The summed E-state index contributed by atoms with van der Waals surface area (Å²) in [6, 6.07) is 5.58. The van der Waals surface area contributed by atoms with E-state index >= 15 is 0 Å². The number of halogens is 6. The minimum absolute atomic E-state index is 0.0403. The highest BCUT2D eigenvalue weighted by atomic mass is 19.4. The SMILES string of the molecule is CC[C@H](C)[C@@H]([C@@H](CC(=O)N1CCC[C@H]1[C@H](OC)[C@@H](C)C(=O)N[C@@H](Cc1ccccc1)C(=O)O)OC)N(C)C(=O)[C@@H](NC(=O)[C@H](C(C)C)N(C)CCOCCOCCOCCON)C(C)C.O=C(O)C(F)(F)F.O=C(O)C(F)(F)F. The summed E-state index contributed by atoms with van der Waals surface area (Å²) in [7, 11) is 6.59. The van der Waals surface area contributed by atoms with Crippen molar-refractivity contribution in [2.75, 3.05) is 87.7 Å². The lowest BCUT2D eigenvalue weighted by Gasteiger charge is -2.41. The molecule has 1 saturated heterocycles. The molecule has 1 aromatic rings. The Morgan fingerprint density at radius 3 is 1.68 bits per heavy atom. The third kappa shape index (κ3) is 27.2. The van der Waals surface area contributed by atoms with Crippen LogP contribution in [0.2, 0.25) is 0 Å². The molecule has 4 amide bonds. The van der Waals surface area contributed by atoms with Crippen molar-refractivity contribution in [1.82, 2.24) is 25.3 Å². The van der Waals surface area contributed by atoms with Crippen LogP contribution >= 0.6 is 0 Å². The number of alkyl halides is 6. The molecule has 1 aliphatic heterocycles. The molecule has 0 radical (unpaired) electrons. The van der Waals surface area contributed by atoms with Crippen molar-refractivity contribution in [2.24, 2.45) is 29.6 Å². The molecule has 0 bridgehead atoms. The Kier molecular flexibility index (Phi) is 35.2. The molecule has 0 spiro atoms. The molecule has 0 saturated carbocycles. The van der Waals surface area contributed by atoms with Crippen molar-refractivity contribution in [2.45, 2.75) is 135 Å². The number of rotatable bonds is 33. The number of carbonyl (C=O) groups is 7. The Bertz CT molecular complexity index is 1950. The van der Waals surface area contributed by atoms with Crippen LogP contribution in [-0.4, -0.2) is 214 Å². The van der Waals surface area contributed by atoms with Crippen LogP contribution < -0.4 is 16.5 Å². The molecular formula is C51H84F6N6O16. The molecule has 0 unspecified atom stereocenters. The Labute approximate surface area is 458 Å². The number of carbonyl (C=O) groups excluding carboxylic acids is 4. The summed E-state index contributed by atoms with van der Waals surface area (Å²) in [4.78, 5) is 96.2. The van der Waals surface area contributed by atoms with E-state index in [1.54, 1.807) is 23.8 Å². The predicted octanol–water partition coefficient (Wildman–Crippen LogP) is 4.02. The third-order valence-electron chi connectivity index (χ3n) is 12.9. The molecule has 1 fully saturated rings. The van der Waals surface area contributed by atoms with Gasteiger partial charge in [0.1, 0.15) is 12.1 Å². The number of amides is 4. The molecule has 2 rings (SSSR count). The van der Waals surface area contributed by atoms with E-state index in [1.165, 1.54) is 14.2 Å². The smallest absolute Gasteiger partial charge is 0.480 e. The lowest BCUT2D eigenvalue weighted by atomic mass is 9.89. The number of ether oxygens (including phenoxy) is 5. The van der Waals surface area contributed by atoms with Crippen LogP contribution in [-0.2, 0) is 68.5 Å². The van der Waals surface area contributed by atoms with Gasteiger partial charge in [0, 0.05) is 40.8 Å². The summed E-state index contributed by atoms with van der Waals surface area (Å²) in [5, 5.41) is 29.9. The number of methoxy groups -OCH3 is 2. The van der Waals surface area contributed by atoms with Gasteiger partial charge >= 0.3 is 30.3 Å². The summed E-state index contributed by atoms with van der Waals surface area (Å²) in [5.41, 5.74) is 0.776. The maximum Gasteiger partial charge on any atom is 0.490 e. The lowest BCUT2D eigenvalue weighted by molar-refractivity contribution is -0.193. The standard InChI is InChI=1S/C47H82N6O12.2C2HF3O2/c1-12-33(6)42(52(9)46(57)40(31(2)3)50-45(56)41(32(4)5)51(8)21-22-62-23-24-63-25-26-64-27-28-65-48)38(60-10)30-39(54)53-20-16-19-37(53)43(61-11)34(7)44(55)49-36(47(58)59)29-35-17-14-13-15-18-35;2*3-2(4,5)1(6)7/h13-15,17-18,31-34,36-38,40-43H,12,16,19-30,48H2,1-11H3,(H,49,55)(H,50,56)(H,58,59);2*(H,6,7)/t33-,34+,36-,37-,38+,40-,41-,42-,43+;;/m0../s1. The highest BCUT2D eigenvalue weighted by Gasteiger charge is 2.44. The first kappa shape index (κ1) is 73.8. The second-order valence-corrected chi connectivity index (χ2v) is 19.4. The Hall–Kier alpha value is -5.23. The normalized spacial score (nSPS) is 16.7.